The van der Waals surface area contributed by atoms with Gasteiger partial charge in [0.05, 0.1) is 11.7 Å². The maximum Gasteiger partial charge on any atom is 0.222 e. The summed E-state index contributed by atoms with van der Waals surface area (Å²) < 4.78 is 6.43. The van der Waals surface area contributed by atoms with E-state index in [0.717, 1.165) is 45.3 Å². The van der Waals surface area contributed by atoms with Crippen LogP contribution in [0.3, 0.4) is 0 Å². The van der Waals surface area contributed by atoms with Crippen molar-refractivity contribution in [1.82, 2.24) is 10.2 Å². The molecule has 0 saturated carbocycles. The van der Waals surface area contributed by atoms with Gasteiger partial charge in [-0.15, -0.1) is 0 Å². The minimum absolute atomic E-state index is 0.0348. The molecule has 2 aliphatic rings. The minimum Gasteiger partial charge on any atom is -0.370 e. The van der Waals surface area contributed by atoms with Gasteiger partial charge in [0, 0.05) is 32.1 Å². The van der Waals surface area contributed by atoms with Crippen LogP contribution in [-0.4, -0.2) is 42.1 Å². The largest absolute Gasteiger partial charge is 0.370 e. The molecule has 4 rings (SSSR count). The van der Waals surface area contributed by atoms with Crippen LogP contribution in [0.1, 0.15) is 45.1 Å². The van der Waals surface area contributed by atoms with E-state index in [4.69, 9.17) is 4.74 Å². The Balaban J connectivity index is 1.28. The zero-order chi connectivity index (χ0) is 19.6. The molecule has 150 valence electrons. The second-order valence-electron chi connectivity index (χ2n) is 8.82. The molecule has 0 aromatic heterocycles. The normalized spacial score (nSPS) is 22.2. The zero-order valence-electron chi connectivity index (χ0n) is 17.1. The van der Waals surface area contributed by atoms with Gasteiger partial charge in [0.1, 0.15) is 0 Å². The van der Waals surface area contributed by atoms with Crippen molar-refractivity contribution in [3.8, 4) is 0 Å². The smallest absolute Gasteiger partial charge is 0.222 e. The zero-order valence-corrected chi connectivity index (χ0v) is 17.1. The Morgan fingerprint density at radius 1 is 1.14 bits per heavy atom. The van der Waals surface area contributed by atoms with E-state index in [1.807, 2.05) is 13.8 Å². The molecule has 0 aliphatic carbocycles. The summed E-state index contributed by atoms with van der Waals surface area (Å²) >= 11 is 0. The van der Waals surface area contributed by atoms with Gasteiger partial charge in [-0.05, 0) is 48.1 Å². The van der Waals surface area contributed by atoms with E-state index in [9.17, 15) is 4.79 Å². The van der Waals surface area contributed by atoms with Crippen molar-refractivity contribution in [2.24, 2.45) is 5.92 Å². The lowest BCUT2D eigenvalue weighted by Gasteiger charge is -2.39. The summed E-state index contributed by atoms with van der Waals surface area (Å²) in [4.78, 5) is 14.3. The van der Waals surface area contributed by atoms with E-state index >= 15 is 0 Å². The highest BCUT2D eigenvalue weighted by atomic mass is 16.5. The van der Waals surface area contributed by atoms with Gasteiger partial charge in [-0.25, -0.2) is 0 Å². The number of hydrogen-bond donors (Lipinski definition) is 1. The Labute approximate surface area is 168 Å². The van der Waals surface area contributed by atoms with Crippen LogP contribution in [0.2, 0.25) is 0 Å². The van der Waals surface area contributed by atoms with E-state index in [0.29, 0.717) is 6.54 Å². The number of ether oxygens (including phenoxy) is 1. The average Bonchev–Trinajstić information content (AvgIpc) is 3.10. The van der Waals surface area contributed by atoms with E-state index in [1.165, 1.54) is 16.3 Å². The van der Waals surface area contributed by atoms with Crippen molar-refractivity contribution in [2.45, 2.75) is 57.8 Å². The van der Waals surface area contributed by atoms with E-state index in [2.05, 4.69) is 52.7 Å². The third-order valence-corrected chi connectivity index (χ3v) is 6.35. The van der Waals surface area contributed by atoms with Gasteiger partial charge < -0.3 is 10.1 Å². The number of hydrogen-bond acceptors (Lipinski definition) is 3. The van der Waals surface area contributed by atoms with Gasteiger partial charge in [-0.3, -0.25) is 9.69 Å². The predicted molar refractivity (Wildman–Crippen MR) is 113 cm³/mol. The molecule has 2 heterocycles. The highest BCUT2D eigenvalue weighted by Crippen LogP contribution is 2.39. The number of piperidine rings is 1. The number of amides is 1. The molecule has 1 unspecified atom stereocenters. The predicted octanol–water partition coefficient (Wildman–Crippen LogP) is 4.13. The van der Waals surface area contributed by atoms with Crippen LogP contribution in [0.25, 0.3) is 10.8 Å². The minimum atomic E-state index is 0.0348. The summed E-state index contributed by atoms with van der Waals surface area (Å²) in [6, 6.07) is 15.4. The molecule has 1 atom stereocenters. The van der Waals surface area contributed by atoms with Gasteiger partial charge in [-0.1, -0.05) is 50.2 Å². The number of likely N-dealkylation sites (tertiary alicyclic amines) is 1. The Morgan fingerprint density at radius 2 is 1.89 bits per heavy atom. The van der Waals surface area contributed by atoms with Crippen molar-refractivity contribution in [3.05, 3.63) is 48.0 Å². The number of rotatable bonds is 5. The first-order chi connectivity index (χ1) is 13.5. The molecule has 28 heavy (non-hydrogen) atoms. The summed E-state index contributed by atoms with van der Waals surface area (Å²) in [5, 5.41) is 5.65. The molecule has 2 aromatic carbocycles. The summed E-state index contributed by atoms with van der Waals surface area (Å²) in [7, 11) is 0. The SMILES string of the molecule is CC(C)C(=O)NCC1CCC2(CCN(Cc3ccc4ccccc4c3)CC2)O1. The van der Waals surface area contributed by atoms with Crippen LogP contribution in [0.5, 0.6) is 0 Å². The van der Waals surface area contributed by atoms with Crippen LogP contribution in [0.4, 0.5) is 0 Å². The molecule has 4 nitrogen and oxygen atoms in total. The average molecular weight is 381 g/mol. The maximum absolute atomic E-state index is 11.8. The van der Waals surface area contributed by atoms with Crippen LogP contribution in [0, 0.1) is 5.92 Å². The summed E-state index contributed by atoms with van der Waals surface area (Å²) in [6.45, 7) is 7.68. The first-order valence-electron chi connectivity index (χ1n) is 10.7. The first kappa shape index (κ1) is 19.4. The Bertz CT molecular complexity index is 824. The Morgan fingerprint density at radius 3 is 2.64 bits per heavy atom. The van der Waals surface area contributed by atoms with Crippen molar-refractivity contribution in [2.75, 3.05) is 19.6 Å². The molecular formula is C24H32N2O2. The van der Waals surface area contributed by atoms with Crippen molar-refractivity contribution in [1.29, 1.82) is 0 Å². The molecule has 4 heteroatoms. The second-order valence-corrected chi connectivity index (χ2v) is 8.82. The molecule has 0 radical (unpaired) electrons. The van der Waals surface area contributed by atoms with Crippen LogP contribution in [-0.2, 0) is 16.1 Å². The number of nitrogens with one attached hydrogen (secondary N) is 1. The molecular weight excluding hydrogens is 348 g/mol. The molecule has 2 saturated heterocycles. The number of carbonyl (C=O) groups is 1. The van der Waals surface area contributed by atoms with Gasteiger partial charge in [0.25, 0.3) is 0 Å². The molecule has 1 N–H and O–H groups in total. The highest BCUT2D eigenvalue weighted by molar-refractivity contribution is 5.83. The fourth-order valence-corrected chi connectivity index (χ4v) is 4.54. The topological polar surface area (TPSA) is 41.6 Å². The molecule has 1 amide bonds. The van der Waals surface area contributed by atoms with Crippen molar-refractivity contribution >= 4 is 16.7 Å². The lowest BCUT2D eigenvalue weighted by Crippen LogP contribution is -2.45. The van der Waals surface area contributed by atoms with Gasteiger partial charge in [0.15, 0.2) is 0 Å². The lowest BCUT2D eigenvalue weighted by atomic mass is 9.88. The Hall–Kier alpha value is -1.91. The van der Waals surface area contributed by atoms with E-state index < -0.39 is 0 Å². The number of carbonyl (C=O) groups excluding carboxylic acids is 1. The third kappa shape index (κ3) is 4.39. The van der Waals surface area contributed by atoms with E-state index in [1.54, 1.807) is 0 Å². The molecule has 0 bridgehead atoms. The molecule has 1 spiro atoms. The van der Waals surface area contributed by atoms with Crippen LogP contribution < -0.4 is 5.32 Å². The fraction of sp³-hybridized carbons (Fsp3) is 0.542. The number of fused-ring (bicyclic) bond motifs is 1. The van der Waals surface area contributed by atoms with Crippen molar-refractivity contribution < 1.29 is 9.53 Å². The highest BCUT2D eigenvalue weighted by Gasteiger charge is 2.42. The fourth-order valence-electron chi connectivity index (χ4n) is 4.54. The van der Waals surface area contributed by atoms with E-state index in [-0.39, 0.29) is 23.5 Å². The Kier molecular flexibility index (Phi) is 5.70. The summed E-state index contributed by atoms with van der Waals surface area (Å²) in [5.41, 5.74) is 1.42. The van der Waals surface area contributed by atoms with Crippen LogP contribution in [0.15, 0.2) is 42.5 Å². The van der Waals surface area contributed by atoms with Gasteiger partial charge >= 0.3 is 0 Å². The summed E-state index contributed by atoms with van der Waals surface area (Å²) in [6.07, 6.45) is 4.54. The molecule has 2 aromatic rings. The number of nitrogens with zero attached hydrogens (tertiary/aromatic N) is 1. The standard InChI is InChI=1S/C24H32N2O2/c1-18(2)23(27)25-16-22-9-10-24(28-22)11-13-26(14-12-24)17-19-7-8-20-5-3-4-6-21(20)15-19/h3-8,15,18,22H,9-14,16-17H2,1-2H3,(H,25,27). The number of benzene rings is 2. The van der Waals surface area contributed by atoms with Crippen molar-refractivity contribution in [3.63, 3.8) is 0 Å². The molecule has 2 aliphatic heterocycles. The monoisotopic (exact) mass is 380 g/mol. The first-order valence-corrected chi connectivity index (χ1v) is 10.7. The second kappa shape index (κ2) is 8.22. The van der Waals surface area contributed by atoms with Gasteiger partial charge in [0.2, 0.25) is 5.91 Å². The summed E-state index contributed by atoms with van der Waals surface area (Å²) in [5.74, 6) is 0.156. The lowest BCUT2D eigenvalue weighted by molar-refractivity contribution is -0.125. The molecule has 2 fully saturated rings. The van der Waals surface area contributed by atoms with Crippen LogP contribution >= 0.6 is 0 Å². The third-order valence-electron chi connectivity index (χ3n) is 6.35. The maximum atomic E-state index is 11.8. The quantitative estimate of drug-likeness (QED) is 0.848. The van der Waals surface area contributed by atoms with Gasteiger partial charge in [-0.2, -0.15) is 0 Å².